The second-order valence-corrected chi connectivity index (χ2v) is 8.90. The Morgan fingerprint density at radius 3 is 2.44 bits per heavy atom. The number of fused-ring (bicyclic) bond motifs is 3. The Kier molecular flexibility index (Phi) is 4.71. The van der Waals surface area contributed by atoms with Crippen LogP contribution in [0.1, 0.15) is 65.7 Å². The minimum atomic E-state index is -0.806. The van der Waals surface area contributed by atoms with Gasteiger partial charge in [0.15, 0.2) is 0 Å². The first-order valence-corrected chi connectivity index (χ1v) is 9.58. The largest absolute Gasteiger partial charge is 0.481 e. The first-order chi connectivity index (χ1) is 11.7. The highest BCUT2D eigenvalue weighted by Crippen LogP contribution is 2.65. The Bertz CT molecular complexity index is 572. The maximum Gasteiger partial charge on any atom is 0.303 e. The number of esters is 1. The SMILES string of the molecule is CC(=O)O[C@@]1(C)CC[C@H]2[C@@H]3CC[C@@H](CC(=O)O)[C@H](C=O)[C@H]3CC[C@@]21C. The van der Waals surface area contributed by atoms with Crippen LogP contribution < -0.4 is 0 Å². The zero-order valence-electron chi connectivity index (χ0n) is 15.5. The highest BCUT2D eigenvalue weighted by molar-refractivity contribution is 5.68. The molecule has 3 fully saturated rings. The van der Waals surface area contributed by atoms with Crippen molar-refractivity contribution in [1.29, 1.82) is 0 Å². The van der Waals surface area contributed by atoms with E-state index in [0.29, 0.717) is 11.8 Å². The summed E-state index contributed by atoms with van der Waals surface area (Å²) >= 11 is 0. The Morgan fingerprint density at radius 2 is 1.84 bits per heavy atom. The molecule has 0 radical (unpaired) electrons. The van der Waals surface area contributed by atoms with E-state index in [0.717, 1.165) is 44.8 Å². The van der Waals surface area contributed by atoms with Crippen molar-refractivity contribution in [3.63, 3.8) is 0 Å². The van der Waals surface area contributed by atoms with E-state index in [1.54, 1.807) is 0 Å². The maximum absolute atomic E-state index is 11.8. The van der Waals surface area contributed by atoms with Crippen LogP contribution >= 0.6 is 0 Å². The lowest BCUT2D eigenvalue weighted by molar-refractivity contribution is -0.177. The number of hydrogen-bond donors (Lipinski definition) is 1. The van der Waals surface area contributed by atoms with Crippen molar-refractivity contribution in [3.8, 4) is 0 Å². The number of carbonyl (C=O) groups excluding carboxylic acids is 2. The van der Waals surface area contributed by atoms with Crippen molar-refractivity contribution < 1.29 is 24.2 Å². The minimum absolute atomic E-state index is 0.0261. The molecule has 5 heteroatoms. The fourth-order valence-corrected chi connectivity index (χ4v) is 6.54. The van der Waals surface area contributed by atoms with E-state index in [1.165, 1.54) is 6.92 Å². The van der Waals surface area contributed by atoms with Crippen molar-refractivity contribution in [3.05, 3.63) is 0 Å². The van der Waals surface area contributed by atoms with Gasteiger partial charge in [0, 0.05) is 24.7 Å². The quantitative estimate of drug-likeness (QED) is 0.620. The summed E-state index contributed by atoms with van der Waals surface area (Å²) in [6.45, 7) is 5.80. The van der Waals surface area contributed by atoms with Gasteiger partial charge < -0.3 is 14.6 Å². The van der Waals surface area contributed by atoms with Gasteiger partial charge in [0.05, 0.1) is 0 Å². The van der Waals surface area contributed by atoms with Gasteiger partial charge >= 0.3 is 11.9 Å². The Morgan fingerprint density at radius 1 is 1.12 bits per heavy atom. The molecule has 3 aliphatic rings. The number of rotatable bonds is 4. The van der Waals surface area contributed by atoms with Crippen molar-refractivity contribution in [2.45, 2.75) is 71.3 Å². The van der Waals surface area contributed by atoms with Gasteiger partial charge in [-0.05, 0) is 69.1 Å². The molecule has 0 heterocycles. The lowest BCUT2D eigenvalue weighted by Gasteiger charge is -2.55. The van der Waals surface area contributed by atoms with Crippen molar-refractivity contribution in [2.24, 2.45) is 35.0 Å². The third kappa shape index (κ3) is 2.89. The highest BCUT2D eigenvalue weighted by Gasteiger charge is 2.62. The standard InChI is InChI=1S/C20H30O5/c1-12(22)25-20(3)9-7-17-15-5-4-13(10-18(23)24)16(11-21)14(15)6-8-19(17,20)2/h11,13-17H,4-10H2,1-3H3,(H,23,24)/t13-,14-,15+,16-,17-,19-,20-/m0/s1. The Labute approximate surface area is 149 Å². The van der Waals surface area contributed by atoms with E-state index in [4.69, 9.17) is 9.84 Å². The van der Waals surface area contributed by atoms with Gasteiger partial charge in [0.1, 0.15) is 11.9 Å². The van der Waals surface area contributed by atoms with E-state index in [9.17, 15) is 14.4 Å². The van der Waals surface area contributed by atoms with Gasteiger partial charge in [-0.1, -0.05) is 6.92 Å². The monoisotopic (exact) mass is 350 g/mol. The summed E-state index contributed by atoms with van der Waals surface area (Å²) in [4.78, 5) is 34.6. The number of hydrogen-bond acceptors (Lipinski definition) is 4. The van der Waals surface area contributed by atoms with Crippen LogP contribution in [0.4, 0.5) is 0 Å². The normalized spacial score (nSPS) is 46.0. The second kappa shape index (κ2) is 6.40. The number of ether oxygens (including phenoxy) is 1. The molecule has 0 amide bonds. The molecule has 0 bridgehead atoms. The first kappa shape index (κ1) is 18.4. The molecule has 140 valence electrons. The molecule has 25 heavy (non-hydrogen) atoms. The van der Waals surface area contributed by atoms with Gasteiger partial charge in [-0.25, -0.2) is 0 Å². The van der Waals surface area contributed by atoms with Crippen molar-refractivity contribution in [1.82, 2.24) is 0 Å². The van der Waals surface area contributed by atoms with Crippen LogP contribution in [0.25, 0.3) is 0 Å². The predicted molar refractivity (Wildman–Crippen MR) is 91.7 cm³/mol. The third-order valence-corrected chi connectivity index (χ3v) is 7.90. The Balaban J connectivity index is 1.83. The zero-order chi connectivity index (χ0) is 18.4. The molecular weight excluding hydrogens is 320 g/mol. The van der Waals surface area contributed by atoms with Gasteiger partial charge in [0.2, 0.25) is 0 Å². The molecule has 1 N–H and O–H groups in total. The van der Waals surface area contributed by atoms with E-state index >= 15 is 0 Å². The number of carbonyl (C=O) groups is 3. The van der Waals surface area contributed by atoms with Crippen LogP contribution in [-0.2, 0) is 19.1 Å². The lowest BCUT2D eigenvalue weighted by atomic mass is 9.51. The summed E-state index contributed by atoms with van der Waals surface area (Å²) in [7, 11) is 0. The molecule has 0 aliphatic heterocycles. The number of aliphatic carboxylic acids is 1. The van der Waals surface area contributed by atoms with Crippen LogP contribution in [0, 0.1) is 35.0 Å². The molecule has 0 unspecified atom stereocenters. The molecule has 7 atom stereocenters. The first-order valence-electron chi connectivity index (χ1n) is 9.58. The van der Waals surface area contributed by atoms with Crippen LogP contribution in [-0.4, -0.2) is 28.9 Å². The van der Waals surface area contributed by atoms with Crippen LogP contribution in [0.15, 0.2) is 0 Å². The topological polar surface area (TPSA) is 80.7 Å². The average Bonchev–Trinajstić information content (AvgIpc) is 2.77. The Hall–Kier alpha value is -1.39. The van der Waals surface area contributed by atoms with Crippen molar-refractivity contribution >= 4 is 18.2 Å². The predicted octanol–water partition coefficient (Wildman–Crippen LogP) is 3.45. The fraction of sp³-hybridized carbons (Fsp3) is 0.850. The average molecular weight is 350 g/mol. The molecule has 3 aliphatic carbocycles. The summed E-state index contributed by atoms with van der Waals surface area (Å²) in [5.41, 5.74) is -0.476. The third-order valence-electron chi connectivity index (χ3n) is 7.90. The molecule has 0 aromatic carbocycles. The molecule has 3 rings (SSSR count). The van der Waals surface area contributed by atoms with Crippen LogP contribution in [0.5, 0.6) is 0 Å². The van der Waals surface area contributed by atoms with E-state index in [2.05, 4.69) is 13.8 Å². The molecule has 0 aromatic rings. The lowest BCUT2D eigenvalue weighted by Crippen LogP contribution is -2.53. The molecule has 3 saturated carbocycles. The minimum Gasteiger partial charge on any atom is -0.481 e. The number of carboxylic acid groups (broad SMARTS) is 1. The summed E-state index contributed by atoms with van der Waals surface area (Å²) in [5.74, 6) is -0.0166. The van der Waals surface area contributed by atoms with Gasteiger partial charge in [-0.2, -0.15) is 0 Å². The molecule has 5 nitrogen and oxygen atoms in total. The summed E-state index contributed by atoms with van der Waals surface area (Å²) in [6, 6.07) is 0. The van der Waals surface area contributed by atoms with Crippen LogP contribution in [0.3, 0.4) is 0 Å². The zero-order valence-corrected chi connectivity index (χ0v) is 15.5. The van der Waals surface area contributed by atoms with E-state index < -0.39 is 11.6 Å². The van der Waals surface area contributed by atoms with Crippen molar-refractivity contribution in [2.75, 3.05) is 0 Å². The molecule has 0 saturated heterocycles. The van der Waals surface area contributed by atoms with Crippen LogP contribution in [0.2, 0.25) is 0 Å². The summed E-state index contributed by atoms with van der Waals surface area (Å²) in [6.07, 6.45) is 6.68. The van der Waals surface area contributed by atoms with Gasteiger partial charge in [-0.15, -0.1) is 0 Å². The second-order valence-electron chi connectivity index (χ2n) is 8.90. The van der Waals surface area contributed by atoms with Gasteiger partial charge in [-0.3, -0.25) is 9.59 Å². The number of carboxylic acids is 1. The van der Waals surface area contributed by atoms with E-state index in [1.807, 2.05) is 0 Å². The number of aldehydes is 1. The van der Waals surface area contributed by atoms with Gasteiger partial charge in [0.25, 0.3) is 0 Å². The fourth-order valence-electron chi connectivity index (χ4n) is 6.54. The summed E-state index contributed by atoms with van der Waals surface area (Å²) < 4.78 is 5.79. The summed E-state index contributed by atoms with van der Waals surface area (Å²) in [5, 5.41) is 9.15. The maximum atomic E-state index is 11.8. The highest BCUT2D eigenvalue weighted by atomic mass is 16.6. The van der Waals surface area contributed by atoms with E-state index in [-0.39, 0.29) is 35.6 Å². The molecule has 0 aromatic heterocycles. The smallest absolute Gasteiger partial charge is 0.303 e. The molecule has 0 spiro atoms. The molecular formula is C20H30O5.